The second kappa shape index (κ2) is 15.1. The number of hydrogen-bond donors (Lipinski definition) is 2. The zero-order valence-corrected chi connectivity index (χ0v) is 25.1. The van der Waals surface area contributed by atoms with Gasteiger partial charge in [0.1, 0.15) is 12.4 Å². The third-order valence-electron chi connectivity index (χ3n) is 6.61. The molecule has 0 aromatic heterocycles. The number of ether oxygens (including phenoxy) is 3. The minimum atomic E-state index is -0.912. The predicted molar refractivity (Wildman–Crippen MR) is 161 cm³/mol. The fourth-order valence-corrected chi connectivity index (χ4v) is 4.87. The summed E-state index contributed by atoms with van der Waals surface area (Å²) in [6.07, 6.45) is 0.946. The van der Waals surface area contributed by atoms with Gasteiger partial charge in [0.05, 0.1) is 19.3 Å². The van der Waals surface area contributed by atoms with Crippen LogP contribution >= 0.6 is 0 Å². The first-order chi connectivity index (χ1) is 19.6. The molecule has 3 rings (SSSR count). The third-order valence-corrected chi connectivity index (χ3v) is 6.61. The predicted octanol–water partition coefficient (Wildman–Crippen LogP) is 7.21. The number of hydrogen-bond acceptors (Lipinski definition) is 5. The van der Waals surface area contributed by atoms with E-state index >= 15 is 0 Å². The average Bonchev–Trinajstić information content (AvgIpc) is 2.91. The van der Waals surface area contributed by atoms with E-state index in [2.05, 4.69) is 51.2 Å². The van der Waals surface area contributed by atoms with Crippen LogP contribution in [0.2, 0.25) is 0 Å². The number of benzene rings is 3. The lowest BCUT2D eigenvalue weighted by Gasteiger charge is -2.23. The van der Waals surface area contributed by atoms with Crippen molar-refractivity contribution >= 4 is 11.9 Å². The van der Waals surface area contributed by atoms with E-state index in [-0.39, 0.29) is 31.4 Å². The first-order valence-corrected chi connectivity index (χ1v) is 14.3. The number of rotatable bonds is 15. The molecule has 0 radical (unpaired) electrons. The maximum Gasteiger partial charge on any atom is 0.303 e. The largest absolute Gasteiger partial charge is 0.490 e. The Morgan fingerprint density at radius 3 is 2.17 bits per heavy atom. The summed E-state index contributed by atoms with van der Waals surface area (Å²) in [5, 5.41) is 12.5. The van der Waals surface area contributed by atoms with Gasteiger partial charge in [0.15, 0.2) is 11.5 Å². The van der Waals surface area contributed by atoms with Crippen LogP contribution in [0.4, 0.5) is 0 Å². The van der Waals surface area contributed by atoms with E-state index in [9.17, 15) is 14.7 Å². The molecule has 220 valence electrons. The summed E-state index contributed by atoms with van der Waals surface area (Å²) in [7, 11) is 0. The normalized spacial score (nSPS) is 11.7. The van der Waals surface area contributed by atoms with Crippen LogP contribution in [0.1, 0.15) is 84.8 Å². The van der Waals surface area contributed by atoms with Crippen molar-refractivity contribution in [2.45, 2.75) is 73.5 Å². The SMILES string of the molecule is CCOc1ccc(COc2ccc(CCC(=O)O)c(C(=O)NC(CC(C)C)c3cc(C)cc(C)c3)c2)cc1OCC. The van der Waals surface area contributed by atoms with E-state index in [4.69, 9.17) is 14.2 Å². The minimum absolute atomic E-state index is 0.0701. The molecular weight excluding hydrogens is 518 g/mol. The third kappa shape index (κ3) is 9.55. The molecule has 1 atom stereocenters. The monoisotopic (exact) mass is 561 g/mol. The highest BCUT2D eigenvalue weighted by molar-refractivity contribution is 5.96. The Morgan fingerprint density at radius 1 is 0.854 bits per heavy atom. The maximum absolute atomic E-state index is 13.7. The van der Waals surface area contributed by atoms with Gasteiger partial charge in [0, 0.05) is 12.0 Å². The van der Waals surface area contributed by atoms with Gasteiger partial charge in [-0.3, -0.25) is 9.59 Å². The Morgan fingerprint density at radius 2 is 1.54 bits per heavy atom. The molecule has 1 amide bonds. The summed E-state index contributed by atoms with van der Waals surface area (Å²) < 4.78 is 17.5. The van der Waals surface area contributed by atoms with Crippen molar-refractivity contribution in [3.8, 4) is 17.2 Å². The zero-order chi connectivity index (χ0) is 29.9. The molecule has 0 fully saturated rings. The number of carbonyl (C=O) groups excluding carboxylic acids is 1. The van der Waals surface area contributed by atoms with Crippen molar-refractivity contribution in [1.82, 2.24) is 5.32 Å². The van der Waals surface area contributed by atoms with E-state index in [1.54, 1.807) is 18.2 Å². The molecule has 0 heterocycles. The number of nitrogens with one attached hydrogen (secondary N) is 1. The Kier molecular flexibility index (Phi) is 11.6. The van der Waals surface area contributed by atoms with Crippen LogP contribution in [-0.2, 0) is 17.8 Å². The van der Waals surface area contributed by atoms with Crippen LogP contribution in [0.15, 0.2) is 54.6 Å². The molecule has 7 nitrogen and oxygen atoms in total. The van der Waals surface area contributed by atoms with E-state index in [0.717, 1.165) is 28.7 Å². The molecule has 0 saturated heterocycles. The van der Waals surface area contributed by atoms with E-state index < -0.39 is 5.97 Å². The molecule has 2 N–H and O–H groups in total. The van der Waals surface area contributed by atoms with Crippen molar-refractivity contribution < 1.29 is 28.9 Å². The number of aliphatic carboxylic acids is 1. The zero-order valence-electron chi connectivity index (χ0n) is 25.1. The highest BCUT2D eigenvalue weighted by Gasteiger charge is 2.21. The molecule has 7 heteroatoms. The second-order valence-electron chi connectivity index (χ2n) is 10.7. The van der Waals surface area contributed by atoms with Gasteiger partial charge in [0.25, 0.3) is 5.91 Å². The van der Waals surface area contributed by atoms with Crippen molar-refractivity contribution in [2.75, 3.05) is 13.2 Å². The van der Waals surface area contributed by atoms with Crippen LogP contribution in [0, 0.1) is 19.8 Å². The Bertz CT molecular complexity index is 1310. The van der Waals surface area contributed by atoms with Gasteiger partial charge in [0.2, 0.25) is 0 Å². The first-order valence-electron chi connectivity index (χ1n) is 14.3. The Hall–Kier alpha value is -4.00. The molecule has 3 aromatic carbocycles. The molecule has 41 heavy (non-hydrogen) atoms. The van der Waals surface area contributed by atoms with Crippen molar-refractivity contribution in [2.24, 2.45) is 5.92 Å². The molecule has 0 spiro atoms. The summed E-state index contributed by atoms with van der Waals surface area (Å²) in [5.74, 6) is 1.05. The molecule has 0 aliphatic carbocycles. The molecule has 1 unspecified atom stereocenters. The lowest BCUT2D eigenvalue weighted by Crippen LogP contribution is -2.30. The lowest BCUT2D eigenvalue weighted by molar-refractivity contribution is -0.136. The quantitative estimate of drug-likeness (QED) is 0.204. The number of carboxylic acids is 1. The van der Waals surface area contributed by atoms with Crippen LogP contribution in [0.5, 0.6) is 17.2 Å². The van der Waals surface area contributed by atoms with Crippen molar-refractivity contribution in [1.29, 1.82) is 0 Å². The van der Waals surface area contributed by atoms with Gasteiger partial charge in [-0.1, -0.05) is 55.3 Å². The number of aryl methyl sites for hydroxylation is 3. The average molecular weight is 562 g/mol. The van der Waals surface area contributed by atoms with Gasteiger partial charge in [-0.2, -0.15) is 0 Å². The van der Waals surface area contributed by atoms with E-state index in [1.807, 2.05) is 32.0 Å². The molecule has 0 aliphatic rings. The topological polar surface area (TPSA) is 94.1 Å². The fourth-order valence-electron chi connectivity index (χ4n) is 4.87. The molecule has 0 saturated carbocycles. The van der Waals surface area contributed by atoms with Crippen LogP contribution in [-0.4, -0.2) is 30.2 Å². The molecule has 0 aliphatic heterocycles. The number of carbonyl (C=O) groups is 2. The molecular formula is C34H43NO6. The van der Waals surface area contributed by atoms with Gasteiger partial charge in [-0.15, -0.1) is 0 Å². The standard InChI is InChI=1S/C34H43NO6/c1-7-39-31-13-9-25(19-32(31)40-8-2)21-41-28-12-10-26(11-14-33(36)37)29(20-28)34(38)35-30(15-22(3)4)27-17-23(5)16-24(6)18-27/h9-10,12-13,16-20,22,30H,7-8,11,14-15,21H2,1-6H3,(H,35,38)(H,36,37). The molecule has 3 aromatic rings. The summed E-state index contributed by atoms with van der Waals surface area (Å²) in [6, 6.07) is 17.1. The fraction of sp³-hybridized carbons (Fsp3) is 0.412. The highest BCUT2D eigenvalue weighted by atomic mass is 16.5. The minimum Gasteiger partial charge on any atom is -0.490 e. The van der Waals surface area contributed by atoms with Gasteiger partial charge in [-0.25, -0.2) is 0 Å². The first kappa shape index (κ1) is 31.5. The Balaban J connectivity index is 1.87. The summed E-state index contributed by atoms with van der Waals surface area (Å²) >= 11 is 0. The molecule has 0 bridgehead atoms. The van der Waals surface area contributed by atoms with Crippen LogP contribution in [0.25, 0.3) is 0 Å². The lowest BCUT2D eigenvalue weighted by atomic mass is 9.93. The smallest absolute Gasteiger partial charge is 0.303 e. The van der Waals surface area contributed by atoms with E-state index in [0.29, 0.717) is 47.5 Å². The van der Waals surface area contributed by atoms with Gasteiger partial charge in [-0.05, 0) is 87.4 Å². The van der Waals surface area contributed by atoms with E-state index in [1.165, 1.54) is 0 Å². The second-order valence-corrected chi connectivity index (χ2v) is 10.7. The van der Waals surface area contributed by atoms with Crippen LogP contribution in [0.3, 0.4) is 0 Å². The van der Waals surface area contributed by atoms with Gasteiger partial charge < -0.3 is 24.6 Å². The van der Waals surface area contributed by atoms with Gasteiger partial charge >= 0.3 is 5.97 Å². The highest BCUT2D eigenvalue weighted by Crippen LogP contribution is 2.30. The maximum atomic E-state index is 13.7. The number of amides is 1. The van der Waals surface area contributed by atoms with Crippen molar-refractivity contribution in [3.05, 3.63) is 88.0 Å². The number of carboxylic acid groups (broad SMARTS) is 1. The summed E-state index contributed by atoms with van der Waals surface area (Å²) in [5.41, 5.74) is 5.32. The van der Waals surface area contributed by atoms with Crippen LogP contribution < -0.4 is 19.5 Å². The van der Waals surface area contributed by atoms with Crippen molar-refractivity contribution in [3.63, 3.8) is 0 Å². The Labute approximate surface area is 243 Å². The summed E-state index contributed by atoms with van der Waals surface area (Å²) in [4.78, 5) is 25.1. The summed E-state index contributed by atoms with van der Waals surface area (Å²) in [6.45, 7) is 13.5.